The fraction of sp³-hybridized carbons (Fsp3) is 0.316. The predicted octanol–water partition coefficient (Wildman–Crippen LogP) is 2.06. The number of carbonyl (C=O) groups is 3. The summed E-state index contributed by atoms with van der Waals surface area (Å²) in [6, 6.07) is 8.61. The highest BCUT2D eigenvalue weighted by atomic mass is 16.5. The van der Waals surface area contributed by atoms with Gasteiger partial charge in [-0.15, -0.1) is 0 Å². The van der Waals surface area contributed by atoms with Gasteiger partial charge in [0, 0.05) is 20.0 Å². The lowest BCUT2D eigenvalue weighted by atomic mass is 10.2. The summed E-state index contributed by atoms with van der Waals surface area (Å²) in [5.41, 5.74) is 0.735. The highest BCUT2D eigenvalue weighted by molar-refractivity contribution is 5.98. The van der Waals surface area contributed by atoms with E-state index in [0.717, 1.165) is 0 Å². The lowest BCUT2D eigenvalue weighted by Gasteiger charge is -2.29. The number of hydrogen-bond donors (Lipinski definition) is 1. The van der Waals surface area contributed by atoms with Crippen LogP contribution in [0.3, 0.4) is 0 Å². The van der Waals surface area contributed by atoms with Crippen LogP contribution in [0.5, 0.6) is 5.75 Å². The summed E-state index contributed by atoms with van der Waals surface area (Å²) < 4.78 is 10.8. The number of aromatic carboxylic acids is 1. The van der Waals surface area contributed by atoms with Crippen LogP contribution in [0, 0.1) is 6.92 Å². The number of anilines is 1. The van der Waals surface area contributed by atoms with Gasteiger partial charge in [-0.2, -0.15) is 0 Å². The predicted molar refractivity (Wildman–Crippen MR) is 95.8 cm³/mol. The summed E-state index contributed by atoms with van der Waals surface area (Å²) in [5.74, 6) is -0.136. The van der Waals surface area contributed by atoms with E-state index < -0.39 is 5.97 Å². The van der Waals surface area contributed by atoms with Crippen molar-refractivity contribution in [1.29, 1.82) is 0 Å². The molecule has 0 atom stereocenters. The van der Waals surface area contributed by atoms with Crippen LogP contribution in [0.15, 0.2) is 34.7 Å². The molecule has 142 valence electrons. The molecular weight excluding hydrogens is 352 g/mol. The molecule has 0 radical (unpaired) electrons. The third-order valence-corrected chi connectivity index (χ3v) is 4.38. The number of carbonyl (C=O) groups excluding carboxylic acids is 2. The van der Waals surface area contributed by atoms with Crippen molar-refractivity contribution in [2.24, 2.45) is 0 Å². The number of carboxylic acids is 1. The zero-order valence-corrected chi connectivity index (χ0v) is 15.1. The van der Waals surface area contributed by atoms with Gasteiger partial charge in [-0.05, 0) is 25.1 Å². The van der Waals surface area contributed by atoms with Crippen LogP contribution in [0.4, 0.5) is 5.69 Å². The first-order valence-corrected chi connectivity index (χ1v) is 8.45. The number of nitrogens with zero attached hydrogens (tertiary/aromatic N) is 2. The molecule has 0 saturated carbocycles. The second-order valence-corrected chi connectivity index (χ2v) is 6.29. The van der Waals surface area contributed by atoms with E-state index in [4.69, 9.17) is 14.3 Å². The molecule has 1 aromatic carbocycles. The number of ether oxygens (including phenoxy) is 1. The molecule has 8 nitrogen and oxygen atoms in total. The average Bonchev–Trinajstić information content (AvgIpc) is 3.01. The maximum absolute atomic E-state index is 12.4. The molecular formula is C19H20N2O6. The Bertz CT molecular complexity index is 888. The van der Waals surface area contributed by atoms with Gasteiger partial charge < -0.3 is 24.1 Å². The minimum absolute atomic E-state index is 0.0509. The van der Waals surface area contributed by atoms with Gasteiger partial charge in [-0.25, -0.2) is 4.79 Å². The quantitative estimate of drug-likeness (QED) is 0.833. The second kappa shape index (κ2) is 7.53. The van der Waals surface area contributed by atoms with E-state index in [2.05, 4.69) is 0 Å². The Balaban J connectivity index is 1.61. The van der Waals surface area contributed by atoms with Gasteiger partial charge in [0.1, 0.15) is 22.8 Å². The van der Waals surface area contributed by atoms with Gasteiger partial charge in [0.15, 0.2) is 6.61 Å². The van der Waals surface area contributed by atoms with Gasteiger partial charge in [0.25, 0.3) is 5.91 Å². The molecule has 2 amide bonds. The topological polar surface area (TPSA) is 100 Å². The van der Waals surface area contributed by atoms with E-state index in [1.54, 1.807) is 37.1 Å². The summed E-state index contributed by atoms with van der Waals surface area (Å²) in [5, 5.41) is 9.07. The first-order chi connectivity index (χ1) is 12.9. The fourth-order valence-electron chi connectivity index (χ4n) is 2.95. The monoisotopic (exact) mass is 372 g/mol. The Morgan fingerprint density at radius 3 is 2.74 bits per heavy atom. The number of furan rings is 1. The lowest BCUT2D eigenvalue weighted by Crippen LogP contribution is -2.41. The van der Waals surface area contributed by atoms with Crippen LogP contribution in [0.1, 0.15) is 28.3 Å². The molecule has 8 heteroatoms. The molecule has 0 fully saturated rings. The zero-order chi connectivity index (χ0) is 19.6. The number of aryl methyl sites for hydroxylation is 1. The summed E-state index contributed by atoms with van der Waals surface area (Å²) in [4.78, 5) is 38.6. The van der Waals surface area contributed by atoms with Crippen molar-refractivity contribution in [2.75, 3.05) is 25.1 Å². The summed E-state index contributed by atoms with van der Waals surface area (Å²) in [6.45, 7) is 1.90. The van der Waals surface area contributed by atoms with E-state index in [0.29, 0.717) is 23.0 Å². The van der Waals surface area contributed by atoms with Crippen LogP contribution in [-0.2, 0) is 16.1 Å². The third kappa shape index (κ3) is 3.94. The molecule has 2 aromatic rings. The van der Waals surface area contributed by atoms with Gasteiger partial charge in [0.05, 0.1) is 12.2 Å². The van der Waals surface area contributed by atoms with Crippen molar-refractivity contribution in [3.8, 4) is 5.75 Å². The average molecular weight is 372 g/mol. The van der Waals surface area contributed by atoms with Crippen molar-refractivity contribution >= 4 is 23.5 Å². The molecule has 1 N–H and O–H groups in total. The number of carboxylic acid groups (broad SMARTS) is 1. The number of fused-ring (bicyclic) bond motifs is 1. The van der Waals surface area contributed by atoms with Crippen LogP contribution < -0.4 is 9.64 Å². The molecule has 27 heavy (non-hydrogen) atoms. The molecule has 0 bridgehead atoms. The van der Waals surface area contributed by atoms with E-state index in [1.807, 2.05) is 6.07 Å². The molecule has 0 unspecified atom stereocenters. The number of amides is 2. The van der Waals surface area contributed by atoms with E-state index >= 15 is 0 Å². The number of hydrogen-bond acceptors (Lipinski definition) is 5. The van der Waals surface area contributed by atoms with E-state index in [-0.39, 0.29) is 43.5 Å². The Kier molecular flexibility index (Phi) is 5.16. The van der Waals surface area contributed by atoms with Gasteiger partial charge >= 0.3 is 5.97 Å². The Morgan fingerprint density at radius 2 is 2.04 bits per heavy atom. The summed E-state index contributed by atoms with van der Waals surface area (Å²) >= 11 is 0. The van der Waals surface area contributed by atoms with Crippen molar-refractivity contribution in [3.05, 3.63) is 47.4 Å². The van der Waals surface area contributed by atoms with E-state index in [9.17, 15) is 14.4 Å². The SMILES string of the molecule is Cc1oc(CN(C)C(=O)CCN2C(=O)COc3ccccc32)cc1C(=O)O. The normalized spacial score (nSPS) is 13.1. The molecule has 1 aliphatic heterocycles. The zero-order valence-electron chi connectivity index (χ0n) is 15.1. The summed E-state index contributed by atoms with van der Waals surface area (Å²) in [7, 11) is 1.61. The van der Waals surface area contributed by atoms with Gasteiger partial charge in [0.2, 0.25) is 5.91 Å². The smallest absolute Gasteiger partial charge is 0.339 e. The molecule has 0 spiro atoms. The minimum atomic E-state index is -1.07. The first-order valence-electron chi connectivity index (χ1n) is 8.45. The lowest BCUT2D eigenvalue weighted by molar-refractivity contribution is -0.130. The van der Waals surface area contributed by atoms with Crippen molar-refractivity contribution in [1.82, 2.24) is 4.90 Å². The Hall–Kier alpha value is -3.29. The van der Waals surface area contributed by atoms with Crippen LogP contribution in [0.25, 0.3) is 0 Å². The van der Waals surface area contributed by atoms with Crippen molar-refractivity contribution in [2.45, 2.75) is 19.9 Å². The van der Waals surface area contributed by atoms with Gasteiger partial charge in [-0.3, -0.25) is 9.59 Å². The number of para-hydroxylation sites is 2. The largest absolute Gasteiger partial charge is 0.482 e. The Morgan fingerprint density at radius 1 is 1.30 bits per heavy atom. The van der Waals surface area contributed by atoms with Crippen molar-refractivity contribution in [3.63, 3.8) is 0 Å². The number of benzene rings is 1. The maximum Gasteiger partial charge on any atom is 0.339 e. The second-order valence-electron chi connectivity index (χ2n) is 6.29. The van der Waals surface area contributed by atoms with Crippen LogP contribution in [0.2, 0.25) is 0 Å². The third-order valence-electron chi connectivity index (χ3n) is 4.38. The molecule has 0 saturated heterocycles. The maximum atomic E-state index is 12.4. The van der Waals surface area contributed by atoms with Crippen LogP contribution >= 0.6 is 0 Å². The molecule has 1 aliphatic rings. The Labute approximate surface area is 155 Å². The fourth-order valence-corrected chi connectivity index (χ4v) is 2.95. The van der Waals surface area contributed by atoms with E-state index in [1.165, 1.54) is 11.0 Å². The van der Waals surface area contributed by atoms with Crippen molar-refractivity contribution < 1.29 is 28.6 Å². The molecule has 0 aliphatic carbocycles. The standard InChI is InChI=1S/C19H20N2O6/c1-12-14(19(24)25)9-13(27-12)10-20(2)17(22)7-8-21-15-5-3-4-6-16(15)26-11-18(21)23/h3-6,9H,7-8,10-11H2,1-2H3,(H,24,25). The highest BCUT2D eigenvalue weighted by Crippen LogP contribution is 2.31. The minimum Gasteiger partial charge on any atom is -0.482 e. The highest BCUT2D eigenvalue weighted by Gasteiger charge is 2.26. The molecule has 3 rings (SSSR count). The molecule has 2 heterocycles. The first kappa shape index (κ1) is 18.5. The molecule has 1 aromatic heterocycles. The van der Waals surface area contributed by atoms with Gasteiger partial charge in [-0.1, -0.05) is 12.1 Å². The summed E-state index contributed by atoms with van der Waals surface area (Å²) in [6.07, 6.45) is 0.127. The van der Waals surface area contributed by atoms with Crippen LogP contribution in [-0.4, -0.2) is 48.0 Å². The number of rotatable bonds is 6.